The third kappa shape index (κ3) is 4.10. The summed E-state index contributed by atoms with van der Waals surface area (Å²) in [6.07, 6.45) is 2.92. The number of amides is 1. The zero-order chi connectivity index (χ0) is 23.9. The summed E-state index contributed by atoms with van der Waals surface area (Å²) in [6.45, 7) is 2.69. The van der Waals surface area contributed by atoms with Crippen LogP contribution in [0.1, 0.15) is 5.69 Å². The van der Waals surface area contributed by atoms with Gasteiger partial charge in [-0.3, -0.25) is 4.79 Å². The lowest BCUT2D eigenvalue weighted by Gasteiger charge is -2.38. The van der Waals surface area contributed by atoms with E-state index in [1.807, 2.05) is 4.90 Å². The van der Waals surface area contributed by atoms with Gasteiger partial charge < -0.3 is 10.2 Å². The van der Waals surface area contributed by atoms with Gasteiger partial charge in [0.15, 0.2) is 17.0 Å². The number of fused-ring (bicyclic) bond motifs is 1. The zero-order valence-electron chi connectivity index (χ0n) is 18.2. The number of nitrogens with zero attached hydrogens (tertiary/aromatic N) is 8. The van der Waals surface area contributed by atoms with Gasteiger partial charge in [0.2, 0.25) is 11.9 Å². The molecule has 1 saturated heterocycles. The number of carbonyl (C=O) groups excluding carboxylic acids is 1. The minimum atomic E-state index is -3.86. The fourth-order valence-electron chi connectivity index (χ4n) is 3.53. The molecule has 3 aromatic heterocycles. The Labute approximate surface area is 194 Å². The van der Waals surface area contributed by atoms with Gasteiger partial charge in [-0.1, -0.05) is 5.21 Å². The lowest BCUT2D eigenvalue weighted by atomic mass is 9.99. The molecule has 0 aliphatic carbocycles. The van der Waals surface area contributed by atoms with Crippen LogP contribution in [0.25, 0.3) is 11.2 Å². The van der Waals surface area contributed by atoms with Crippen molar-refractivity contribution in [1.29, 1.82) is 0 Å². The summed E-state index contributed by atoms with van der Waals surface area (Å²) in [6, 6.07) is 7.56. The van der Waals surface area contributed by atoms with Crippen molar-refractivity contribution in [2.75, 3.05) is 28.0 Å². The number of hydrogen-bond donors (Lipinski definition) is 2. The highest BCUT2D eigenvalue weighted by molar-refractivity contribution is 7.92. The fraction of sp³-hybridized carbons (Fsp3) is 0.250. The Morgan fingerprint density at radius 3 is 2.59 bits per heavy atom. The minimum Gasteiger partial charge on any atom is -0.353 e. The summed E-state index contributed by atoms with van der Waals surface area (Å²) in [5, 5.41) is 10.9. The molecule has 0 spiro atoms. The van der Waals surface area contributed by atoms with Crippen LogP contribution in [-0.2, 0) is 21.9 Å². The standard InChI is InChI=1S/C20H20N10O3S/c1-12-7-8-21-20(24-12)27-34(32,33)15-5-3-14(4-6-15)25-19(31)13-9-30(10-13)18-16-17(22-11-23-18)29(2)28-26-16/h3-8,11,13H,9-10H2,1-2H3,(H,25,31)(H,21,24,27). The van der Waals surface area contributed by atoms with Gasteiger partial charge >= 0.3 is 0 Å². The average Bonchev–Trinajstić information content (AvgIpc) is 3.14. The van der Waals surface area contributed by atoms with Crippen LogP contribution < -0.4 is 14.9 Å². The largest absolute Gasteiger partial charge is 0.353 e. The smallest absolute Gasteiger partial charge is 0.264 e. The first-order valence-corrected chi connectivity index (χ1v) is 11.8. The second-order valence-corrected chi connectivity index (χ2v) is 9.51. The number of aryl methyl sites for hydroxylation is 2. The van der Waals surface area contributed by atoms with Crippen LogP contribution in [0.2, 0.25) is 0 Å². The molecule has 0 bridgehead atoms. The summed E-state index contributed by atoms with van der Waals surface area (Å²) in [4.78, 5) is 31.0. The second-order valence-electron chi connectivity index (χ2n) is 7.83. The summed E-state index contributed by atoms with van der Waals surface area (Å²) in [5.41, 5.74) is 2.34. The summed E-state index contributed by atoms with van der Waals surface area (Å²) in [5.74, 6) is 0.226. The van der Waals surface area contributed by atoms with Crippen molar-refractivity contribution in [3.05, 3.63) is 48.5 Å². The molecule has 1 aromatic carbocycles. The van der Waals surface area contributed by atoms with Gasteiger partial charge in [0, 0.05) is 37.7 Å². The Morgan fingerprint density at radius 2 is 1.85 bits per heavy atom. The second kappa shape index (κ2) is 8.30. The predicted molar refractivity (Wildman–Crippen MR) is 122 cm³/mol. The fourth-order valence-corrected chi connectivity index (χ4v) is 4.48. The van der Waals surface area contributed by atoms with Crippen molar-refractivity contribution in [3.63, 3.8) is 0 Å². The molecule has 4 aromatic rings. The minimum absolute atomic E-state index is 0.00522. The molecule has 5 rings (SSSR count). The van der Waals surface area contributed by atoms with Crippen LogP contribution >= 0.6 is 0 Å². The number of carbonyl (C=O) groups is 1. The van der Waals surface area contributed by atoms with Gasteiger partial charge in [-0.25, -0.2) is 37.8 Å². The number of hydrogen-bond acceptors (Lipinski definition) is 10. The molecular weight excluding hydrogens is 460 g/mol. The van der Waals surface area contributed by atoms with Gasteiger partial charge in [-0.05, 0) is 37.3 Å². The Hall–Kier alpha value is -4.20. The molecule has 2 N–H and O–H groups in total. The molecule has 1 fully saturated rings. The Bertz CT molecular complexity index is 1480. The number of nitrogens with one attached hydrogen (secondary N) is 2. The topological polar surface area (TPSA) is 161 Å². The molecule has 0 atom stereocenters. The van der Waals surface area contributed by atoms with Gasteiger partial charge in [0.05, 0.1) is 10.8 Å². The zero-order valence-corrected chi connectivity index (χ0v) is 19.1. The van der Waals surface area contributed by atoms with Gasteiger partial charge in [0.25, 0.3) is 10.0 Å². The maximum atomic E-state index is 12.6. The van der Waals surface area contributed by atoms with E-state index in [1.54, 1.807) is 24.7 Å². The molecule has 0 radical (unpaired) electrons. The van der Waals surface area contributed by atoms with Crippen molar-refractivity contribution >= 4 is 44.5 Å². The Morgan fingerprint density at radius 1 is 1.09 bits per heavy atom. The Kier molecular flexibility index (Phi) is 5.28. The molecular formula is C20H20N10O3S. The SMILES string of the molecule is Cc1ccnc(NS(=O)(=O)c2ccc(NC(=O)C3CN(c4ncnc5c4nnn5C)C3)cc2)n1. The van der Waals surface area contributed by atoms with Crippen LogP contribution in [0.3, 0.4) is 0 Å². The first kappa shape index (κ1) is 21.6. The van der Waals surface area contributed by atoms with Crippen LogP contribution in [0.4, 0.5) is 17.5 Å². The quantitative estimate of drug-likeness (QED) is 0.402. The molecule has 1 aliphatic rings. The van der Waals surface area contributed by atoms with E-state index in [0.717, 1.165) is 0 Å². The maximum absolute atomic E-state index is 12.6. The molecule has 34 heavy (non-hydrogen) atoms. The van der Waals surface area contributed by atoms with E-state index in [9.17, 15) is 13.2 Å². The monoisotopic (exact) mass is 480 g/mol. The van der Waals surface area contributed by atoms with Crippen molar-refractivity contribution in [3.8, 4) is 0 Å². The molecule has 14 heteroatoms. The number of aromatic nitrogens is 7. The van der Waals surface area contributed by atoms with Gasteiger partial charge in [0.1, 0.15) is 6.33 Å². The molecule has 1 aliphatic heterocycles. The van der Waals surface area contributed by atoms with Crippen LogP contribution in [0.5, 0.6) is 0 Å². The normalized spacial score (nSPS) is 14.1. The molecule has 174 valence electrons. The molecule has 13 nitrogen and oxygen atoms in total. The number of benzene rings is 1. The molecule has 0 unspecified atom stereocenters. The molecule has 0 saturated carbocycles. The first-order valence-electron chi connectivity index (χ1n) is 10.3. The highest BCUT2D eigenvalue weighted by Crippen LogP contribution is 2.28. The van der Waals surface area contributed by atoms with Crippen LogP contribution in [0.15, 0.2) is 47.8 Å². The first-order chi connectivity index (χ1) is 16.3. The predicted octanol–water partition coefficient (Wildman–Crippen LogP) is 0.732. The van der Waals surface area contributed by atoms with Crippen molar-refractivity contribution < 1.29 is 13.2 Å². The van der Waals surface area contributed by atoms with Crippen LogP contribution in [-0.4, -0.2) is 62.3 Å². The van der Waals surface area contributed by atoms with Gasteiger partial charge in [-0.2, -0.15) is 0 Å². The highest BCUT2D eigenvalue weighted by atomic mass is 32.2. The maximum Gasteiger partial charge on any atom is 0.264 e. The average molecular weight is 481 g/mol. The van der Waals surface area contributed by atoms with Crippen molar-refractivity contribution in [1.82, 2.24) is 34.9 Å². The van der Waals surface area contributed by atoms with E-state index >= 15 is 0 Å². The summed E-state index contributed by atoms with van der Waals surface area (Å²) in [7, 11) is -2.11. The number of anilines is 3. The summed E-state index contributed by atoms with van der Waals surface area (Å²) >= 11 is 0. The third-order valence-electron chi connectivity index (χ3n) is 5.37. The van der Waals surface area contributed by atoms with Crippen molar-refractivity contribution in [2.24, 2.45) is 13.0 Å². The van der Waals surface area contributed by atoms with E-state index in [2.05, 4.69) is 40.3 Å². The molecule has 4 heterocycles. The van der Waals surface area contributed by atoms with Crippen LogP contribution in [0, 0.1) is 12.8 Å². The lowest BCUT2D eigenvalue weighted by molar-refractivity contribution is -0.120. The van der Waals surface area contributed by atoms with Gasteiger partial charge in [-0.15, -0.1) is 5.10 Å². The van der Waals surface area contributed by atoms with E-state index in [1.165, 1.54) is 36.8 Å². The van der Waals surface area contributed by atoms with E-state index in [0.29, 0.717) is 41.5 Å². The van der Waals surface area contributed by atoms with E-state index in [4.69, 9.17) is 0 Å². The number of sulfonamides is 1. The molecule has 1 amide bonds. The number of rotatable bonds is 6. The highest BCUT2D eigenvalue weighted by Gasteiger charge is 2.35. The van der Waals surface area contributed by atoms with E-state index in [-0.39, 0.29) is 22.7 Å². The third-order valence-corrected chi connectivity index (χ3v) is 6.72. The van der Waals surface area contributed by atoms with Crippen molar-refractivity contribution in [2.45, 2.75) is 11.8 Å². The van der Waals surface area contributed by atoms with E-state index < -0.39 is 10.0 Å². The summed E-state index contributed by atoms with van der Waals surface area (Å²) < 4.78 is 29.0. The lowest BCUT2D eigenvalue weighted by Crippen LogP contribution is -2.52. The Balaban J connectivity index is 1.20.